The fourth-order valence-electron chi connectivity index (χ4n) is 1.62. The number of nitrogens with one attached hydrogen (secondary N) is 1. The summed E-state index contributed by atoms with van der Waals surface area (Å²) in [4.78, 5) is 1.96. The van der Waals surface area contributed by atoms with E-state index in [1.807, 2.05) is 24.1 Å². The number of rotatable bonds is 7. The summed E-state index contributed by atoms with van der Waals surface area (Å²) in [5.41, 5.74) is 2.27. The van der Waals surface area contributed by atoms with Gasteiger partial charge >= 0.3 is 0 Å². The quantitative estimate of drug-likeness (QED) is 0.827. The van der Waals surface area contributed by atoms with E-state index in [1.54, 1.807) is 0 Å². The molecule has 1 N–H and O–H groups in total. The first-order valence-electron chi connectivity index (χ1n) is 6.49. The van der Waals surface area contributed by atoms with Gasteiger partial charge in [-0.15, -0.1) is 0 Å². The molecule has 19 heavy (non-hydrogen) atoms. The van der Waals surface area contributed by atoms with Gasteiger partial charge in [-0.05, 0) is 17.7 Å². The van der Waals surface area contributed by atoms with Gasteiger partial charge in [0.05, 0.1) is 5.75 Å². The zero-order valence-electron chi connectivity index (χ0n) is 12.2. The van der Waals surface area contributed by atoms with Gasteiger partial charge in [0, 0.05) is 38.1 Å². The van der Waals surface area contributed by atoms with Gasteiger partial charge in [0.15, 0.2) is 0 Å². The predicted octanol–water partition coefficient (Wildman–Crippen LogP) is 1.67. The average Bonchev–Trinajstić information content (AvgIpc) is 2.33. The normalized spacial score (nSPS) is 11.8. The maximum absolute atomic E-state index is 11.1. The Balaban J connectivity index is 2.55. The van der Waals surface area contributed by atoms with E-state index in [4.69, 9.17) is 0 Å². The highest BCUT2D eigenvalue weighted by molar-refractivity contribution is 7.90. The molecule has 1 aromatic carbocycles. The molecule has 0 saturated heterocycles. The lowest BCUT2D eigenvalue weighted by Crippen LogP contribution is -2.25. The second kappa shape index (κ2) is 6.91. The van der Waals surface area contributed by atoms with Crippen LogP contribution in [0.25, 0.3) is 0 Å². The van der Waals surface area contributed by atoms with E-state index in [0.717, 1.165) is 12.2 Å². The lowest BCUT2D eigenvalue weighted by molar-refractivity contribution is 0.589. The van der Waals surface area contributed by atoms with Crippen molar-refractivity contribution in [3.63, 3.8) is 0 Å². The Hall–Kier alpha value is -1.07. The molecule has 0 heterocycles. The van der Waals surface area contributed by atoms with Crippen molar-refractivity contribution >= 4 is 15.5 Å². The summed E-state index contributed by atoms with van der Waals surface area (Å²) in [7, 11) is -0.996. The molecule has 0 saturated carbocycles. The zero-order chi connectivity index (χ0) is 14.5. The van der Waals surface area contributed by atoms with Crippen molar-refractivity contribution in [2.24, 2.45) is 0 Å². The van der Waals surface area contributed by atoms with Crippen LogP contribution in [0, 0.1) is 0 Å². The van der Waals surface area contributed by atoms with Crippen LogP contribution in [0.5, 0.6) is 0 Å². The van der Waals surface area contributed by atoms with Gasteiger partial charge in [0.1, 0.15) is 9.84 Å². The van der Waals surface area contributed by atoms with E-state index < -0.39 is 9.84 Å². The molecule has 5 heteroatoms. The number of benzene rings is 1. The van der Waals surface area contributed by atoms with Gasteiger partial charge in [-0.2, -0.15) is 0 Å². The van der Waals surface area contributed by atoms with Crippen molar-refractivity contribution in [2.75, 3.05) is 30.5 Å². The second-order valence-corrected chi connectivity index (χ2v) is 7.51. The molecule has 0 unspecified atom stereocenters. The minimum atomic E-state index is -2.91. The van der Waals surface area contributed by atoms with Gasteiger partial charge in [0.2, 0.25) is 0 Å². The van der Waals surface area contributed by atoms with Gasteiger partial charge in [-0.25, -0.2) is 8.42 Å². The molecule has 0 bridgehead atoms. The van der Waals surface area contributed by atoms with Gasteiger partial charge in [-0.1, -0.05) is 26.0 Å². The molecule has 0 fully saturated rings. The maximum Gasteiger partial charge on any atom is 0.149 e. The fourth-order valence-corrected chi connectivity index (χ4v) is 2.23. The first kappa shape index (κ1) is 16.0. The molecule has 4 nitrogen and oxygen atoms in total. The summed E-state index contributed by atoms with van der Waals surface area (Å²) in [6.45, 7) is 5.61. The predicted molar refractivity (Wildman–Crippen MR) is 81.4 cm³/mol. The Kier molecular flexibility index (Phi) is 5.82. The van der Waals surface area contributed by atoms with E-state index in [2.05, 4.69) is 31.3 Å². The van der Waals surface area contributed by atoms with Crippen molar-refractivity contribution in [1.82, 2.24) is 5.32 Å². The monoisotopic (exact) mass is 284 g/mol. The number of nitrogens with zero attached hydrogens (tertiary/aromatic N) is 1. The molecule has 0 aliphatic heterocycles. The summed E-state index contributed by atoms with van der Waals surface area (Å²) < 4.78 is 22.3. The van der Waals surface area contributed by atoms with Crippen molar-refractivity contribution in [2.45, 2.75) is 26.4 Å². The highest BCUT2D eigenvalue weighted by Gasteiger charge is 2.06. The Labute approximate surface area is 116 Å². The topological polar surface area (TPSA) is 49.4 Å². The second-order valence-electron chi connectivity index (χ2n) is 5.25. The minimum Gasteiger partial charge on any atom is -0.374 e. The van der Waals surface area contributed by atoms with Crippen LogP contribution in [-0.4, -0.2) is 40.1 Å². The van der Waals surface area contributed by atoms with Crippen LogP contribution in [0.2, 0.25) is 0 Å². The maximum atomic E-state index is 11.1. The molecular weight excluding hydrogens is 260 g/mol. The van der Waals surface area contributed by atoms with Crippen LogP contribution >= 0.6 is 0 Å². The Morgan fingerprint density at radius 3 is 2.26 bits per heavy atom. The van der Waals surface area contributed by atoms with Crippen LogP contribution in [0.15, 0.2) is 24.3 Å². The third-order valence-corrected chi connectivity index (χ3v) is 3.81. The molecule has 0 radical (unpaired) electrons. The van der Waals surface area contributed by atoms with Crippen LogP contribution in [0.1, 0.15) is 19.4 Å². The largest absolute Gasteiger partial charge is 0.374 e. The average molecular weight is 284 g/mol. The minimum absolute atomic E-state index is 0.181. The summed E-state index contributed by atoms with van der Waals surface area (Å²) in [5.74, 6) is 0.181. The Morgan fingerprint density at radius 2 is 1.79 bits per heavy atom. The lowest BCUT2D eigenvalue weighted by Gasteiger charge is -2.19. The summed E-state index contributed by atoms with van der Waals surface area (Å²) in [6, 6.07) is 8.67. The first-order valence-corrected chi connectivity index (χ1v) is 8.55. The van der Waals surface area contributed by atoms with E-state index in [-0.39, 0.29) is 5.75 Å². The third-order valence-electron chi connectivity index (χ3n) is 2.89. The van der Waals surface area contributed by atoms with Crippen LogP contribution in [0.4, 0.5) is 5.69 Å². The van der Waals surface area contributed by atoms with Gasteiger partial charge in [0.25, 0.3) is 0 Å². The molecule has 0 aliphatic rings. The van der Waals surface area contributed by atoms with E-state index in [1.165, 1.54) is 11.8 Å². The number of hydrogen-bond donors (Lipinski definition) is 1. The van der Waals surface area contributed by atoms with Crippen molar-refractivity contribution < 1.29 is 8.42 Å². The fraction of sp³-hybridized carbons (Fsp3) is 0.571. The van der Waals surface area contributed by atoms with Gasteiger partial charge < -0.3 is 10.2 Å². The molecule has 0 atom stereocenters. The Morgan fingerprint density at radius 1 is 1.21 bits per heavy atom. The summed E-state index contributed by atoms with van der Waals surface area (Å²) >= 11 is 0. The van der Waals surface area contributed by atoms with Crippen LogP contribution < -0.4 is 10.2 Å². The third kappa shape index (κ3) is 6.59. The standard InChI is InChI=1S/C14H24N2O2S/c1-12(2)15-11-13-5-7-14(8-6-13)16(3)9-10-19(4,17)18/h5-8,12,15H,9-11H2,1-4H3. The van der Waals surface area contributed by atoms with Crippen molar-refractivity contribution in [3.8, 4) is 0 Å². The Bertz CT molecular complexity index is 481. The number of anilines is 1. The first-order chi connectivity index (χ1) is 8.78. The molecule has 0 aromatic heterocycles. The lowest BCUT2D eigenvalue weighted by atomic mass is 10.2. The molecule has 0 spiro atoms. The van der Waals surface area contributed by atoms with Crippen LogP contribution in [0.3, 0.4) is 0 Å². The molecule has 1 rings (SSSR count). The van der Waals surface area contributed by atoms with E-state index in [9.17, 15) is 8.42 Å². The van der Waals surface area contributed by atoms with Crippen molar-refractivity contribution in [3.05, 3.63) is 29.8 Å². The highest BCUT2D eigenvalue weighted by atomic mass is 32.2. The number of hydrogen-bond acceptors (Lipinski definition) is 4. The number of sulfone groups is 1. The summed E-state index contributed by atoms with van der Waals surface area (Å²) in [6.07, 6.45) is 1.27. The van der Waals surface area contributed by atoms with Crippen molar-refractivity contribution in [1.29, 1.82) is 0 Å². The smallest absolute Gasteiger partial charge is 0.149 e. The molecule has 1 aromatic rings. The summed E-state index contributed by atoms with van der Waals surface area (Å²) in [5, 5.41) is 3.36. The zero-order valence-corrected chi connectivity index (χ0v) is 13.0. The molecule has 0 aliphatic carbocycles. The van der Waals surface area contributed by atoms with Gasteiger partial charge in [-0.3, -0.25) is 0 Å². The molecular formula is C14H24N2O2S. The highest BCUT2D eigenvalue weighted by Crippen LogP contribution is 2.13. The van der Waals surface area contributed by atoms with E-state index in [0.29, 0.717) is 12.6 Å². The van der Waals surface area contributed by atoms with Crippen LogP contribution in [-0.2, 0) is 16.4 Å². The molecule has 0 amide bonds. The van der Waals surface area contributed by atoms with E-state index >= 15 is 0 Å². The molecule has 108 valence electrons. The SMILES string of the molecule is CC(C)NCc1ccc(N(C)CCS(C)(=O)=O)cc1.